The zero-order valence-electron chi connectivity index (χ0n) is 15.8. The number of amides is 1. The van der Waals surface area contributed by atoms with Crippen LogP contribution >= 0.6 is 0 Å². The number of non-ortho nitro benzene ring substituents is 1. The third-order valence-corrected chi connectivity index (χ3v) is 3.76. The van der Waals surface area contributed by atoms with E-state index in [0.29, 0.717) is 12.4 Å². The minimum atomic E-state index is -0.812. The average Bonchev–Trinajstić information content (AvgIpc) is 2.69. The second kappa shape index (κ2) is 10.7. The molecule has 8 heteroatoms. The summed E-state index contributed by atoms with van der Waals surface area (Å²) in [6, 6.07) is 12.9. The van der Waals surface area contributed by atoms with Gasteiger partial charge in [0.05, 0.1) is 17.7 Å². The molecule has 0 aromatic heterocycles. The van der Waals surface area contributed by atoms with Gasteiger partial charge in [0, 0.05) is 12.1 Å². The molecule has 0 aliphatic heterocycles. The summed E-state index contributed by atoms with van der Waals surface area (Å²) in [6.07, 6.45) is 2.80. The number of carbonyl (C=O) groups is 1. The Balaban J connectivity index is 1.80. The standard InChI is InChI=1S/C20H23N3O5/c1-3-4-13-27-18-9-5-16(6-10-18)14-21-22-20(24)15(2)28-19-11-7-17(8-12-19)23(25)26/h5-12,14-15H,3-4,13H2,1-2H3,(H,22,24)/b21-14-/t15-/m1/s1. The molecule has 28 heavy (non-hydrogen) atoms. The molecule has 8 nitrogen and oxygen atoms in total. The van der Waals surface area contributed by atoms with Crippen molar-refractivity contribution >= 4 is 17.8 Å². The number of unbranched alkanes of at least 4 members (excludes halogenated alkanes) is 1. The molecule has 2 aromatic rings. The average molecular weight is 385 g/mol. The molecule has 0 saturated heterocycles. The van der Waals surface area contributed by atoms with Crippen LogP contribution in [0, 0.1) is 10.1 Å². The maximum atomic E-state index is 12.0. The molecule has 1 N–H and O–H groups in total. The highest BCUT2D eigenvalue weighted by Crippen LogP contribution is 2.18. The summed E-state index contributed by atoms with van der Waals surface area (Å²) in [5.41, 5.74) is 3.17. The first-order chi connectivity index (χ1) is 13.5. The lowest BCUT2D eigenvalue weighted by molar-refractivity contribution is -0.384. The number of hydrazone groups is 1. The van der Waals surface area contributed by atoms with Crippen LogP contribution < -0.4 is 14.9 Å². The summed E-state index contributed by atoms with van der Waals surface area (Å²) < 4.78 is 11.0. The first-order valence-corrected chi connectivity index (χ1v) is 8.96. The van der Waals surface area contributed by atoms with Gasteiger partial charge < -0.3 is 9.47 Å². The van der Waals surface area contributed by atoms with Crippen molar-refractivity contribution in [3.63, 3.8) is 0 Å². The minimum absolute atomic E-state index is 0.0455. The van der Waals surface area contributed by atoms with Crippen LogP contribution in [-0.4, -0.2) is 29.8 Å². The van der Waals surface area contributed by atoms with Crippen LogP contribution in [0.4, 0.5) is 5.69 Å². The Kier molecular flexibility index (Phi) is 7.95. The summed E-state index contributed by atoms with van der Waals surface area (Å²) in [4.78, 5) is 22.2. The Hall–Kier alpha value is -3.42. The van der Waals surface area contributed by atoms with Gasteiger partial charge >= 0.3 is 0 Å². The molecule has 148 valence electrons. The Morgan fingerprint density at radius 2 is 1.82 bits per heavy atom. The maximum Gasteiger partial charge on any atom is 0.280 e. The Morgan fingerprint density at radius 1 is 1.18 bits per heavy atom. The van der Waals surface area contributed by atoms with Crippen LogP contribution in [0.25, 0.3) is 0 Å². The fourth-order valence-corrected chi connectivity index (χ4v) is 2.15. The molecular weight excluding hydrogens is 362 g/mol. The van der Waals surface area contributed by atoms with E-state index in [9.17, 15) is 14.9 Å². The summed E-state index contributed by atoms with van der Waals surface area (Å²) in [7, 11) is 0. The van der Waals surface area contributed by atoms with Crippen molar-refractivity contribution in [1.82, 2.24) is 5.43 Å². The number of hydrogen-bond acceptors (Lipinski definition) is 6. The Morgan fingerprint density at radius 3 is 2.43 bits per heavy atom. The molecule has 1 atom stereocenters. The van der Waals surface area contributed by atoms with Crippen LogP contribution in [0.2, 0.25) is 0 Å². The molecule has 0 bridgehead atoms. The number of nitrogens with zero attached hydrogens (tertiary/aromatic N) is 2. The Labute approximate surface area is 163 Å². The fourth-order valence-electron chi connectivity index (χ4n) is 2.15. The molecule has 1 amide bonds. The van der Waals surface area contributed by atoms with Crippen LogP contribution in [-0.2, 0) is 4.79 Å². The van der Waals surface area contributed by atoms with Gasteiger partial charge in [0.2, 0.25) is 0 Å². The van der Waals surface area contributed by atoms with Crippen molar-refractivity contribution in [2.45, 2.75) is 32.8 Å². The first kappa shape index (κ1) is 20.9. The summed E-state index contributed by atoms with van der Waals surface area (Å²) in [5, 5.41) is 14.5. The molecular formula is C20H23N3O5. The van der Waals surface area contributed by atoms with Gasteiger partial charge in [-0.25, -0.2) is 5.43 Å². The number of nitro groups is 1. The van der Waals surface area contributed by atoms with Crippen LogP contribution in [0.5, 0.6) is 11.5 Å². The smallest absolute Gasteiger partial charge is 0.280 e. The third kappa shape index (κ3) is 6.71. The van der Waals surface area contributed by atoms with E-state index < -0.39 is 16.9 Å². The zero-order chi connectivity index (χ0) is 20.4. The molecule has 0 radical (unpaired) electrons. The van der Waals surface area contributed by atoms with Gasteiger partial charge in [-0.3, -0.25) is 14.9 Å². The topological polar surface area (TPSA) is 103 Å². The predicted molar refractivity (Wildman–Crippen MR) is 106 cm³/mol. The van der Waals surface area contributed by atoms with Gasteiger partial charge in [-0.05, 0) is 55.3 Å². The molecule has 2 rings (SSSR count). The minimum Gasteiger partial charge on any atom is -0.494 e. The molecule has 2 aromatic carbocycles. The van der Waals surface area contributed by atoms with Crippen molar-refractivity contribution in [1.29, 1.82) is 0 Å². The largest absolute Gasteiger partial charge is 0.494 e. The normalized spacial score (nSPS) is 11.8. The monoisotopic (exact) mass is 385 g/mol. The SMILES string of the molecule is CCCCOc1ccc(/C=N\NC(=O)[C@@H](C)Oc2ccc([N+](=O)[O-])cc2)cc1. The number of hydrogen-bond donors (Lipinski definition) is 1. The van der Waals surface area contributed by atoms with E-state index in [4.69, 9.17) is 9.47 Å². The van der Waals surface area contributed by atoms with Crippen LogP contribution in [0.3, 0.4) is 0 Å². The van der Waals surface area contributed by atoms with Crippen molar-refractivity contribution < 1.29 is 19.2 Å². The third-order valence-electron chi connectivity index (χ3n) is 3.76. The maximum absolute atomic E-state index is 12.0. The highest BCUT2D eigenvalue weighted by molar-refractivity contribution is 5.84. The fraction of sp³-hybridized carbons (Fsp3) is 0.300. The van der Waals surface area contributed by atoms with Gasteiger partial charge in [-0.1, -0.05) is 13.3 Å². The zero-order valence-corrected chi connectivity index (χ0v) is 15.8. The second-order valence-electron chi connectivity index (χ2n) is 6.02. The van der Waals surface area contributed by atoms with E-state index in [0.717, 1.165) is 24.2 Å². The molecule has 0 spiro atoms. The van der Waals surface area contributed by atoms with E-state index in [1.165, 1.54) is 30.5 Å². The van der Waals surface area contributed by atoms with Gasteiger partial charge in [0.15, 0.2) is 6.10 Å². The number of benzene rings is 2. The van der Waals surface area contributed by atoms with Gasteiger partial charge in [-0.15, -0.1) is 0 Å². The van der Waals surface area contributed by atoms with Crippen LogP contribution in [0.15, 0.2) is 53.6 Å². The number of carbonyl (C=O) groups excluding carboxylic acids is 1. The van der Waals surface area contributed by atoms with E-state index in [1.54, 1.807) is 6.92 Å². The highest BCUT2D eigenvalue weighted by Gasteiger charge is 2.14. The lowest BCUT2D eigenvalue weighted by atomic mass is 10.2. The molecule has 0 aliphatic carbocycles. The van der Waals surface area contributed by atoms with Crippen molar-refractivity contribution in [2.24, 2.45) is 5.10 Å². The van der Waals surface area contributed by atoms with Gasteiger partial charge in [-0.2, -0.15) is 5.10 Å². The van der Waals surface area contributed by atoms with Crippen molar-refractivity contribution in [2.75, 3.05) is 6.61 Å². The van der Waals surface area contributed by atoms with E-state index >= 15 is 0 Å². The lowest BCUT2D eigenvalue weighted by Gasteiger charge is -2.12. The number of ether oxygens (including phenoxy) is 2. The Bertz CT molecular complexity index is 804. The van der Waals surface area contributed by atoms with Gasteiger partial charge in [0.1, 0.15) is 11.5 Å². The second-order valence-corrected chi connectivity index (χ2v) is 6.02. The predicted octanol–water partition coefficient (Wildman–Crippen LogP) is 3.69. The molecule has 0 fully saturated rings. The number of nitrogens with one attached hydrogen (secondary N) is 1. The number of rotatable bonds is 10. The summed E-state index contributed by atoms with van der Waals surface area (Å²) >= 11 is 0. The first-order valence-electron chi connectivity index (χ1n) is 8.96. The van der Waals surface area contributed by atoms with E-state index in [2.05, 4.69) is 17.5 Å². The summed E-state index contributed by atoms with van der Waals surface area (Å²) in [6.45, 7) is 4.36. The van der Waals surface area contributed by atoms with Gasteiger partial charge in [0.25, 0.3) is 11.6 Å². The molecule has 0 unspecified atom stereocenters. The number of nitro benzene ring substituents is 1. The molecule has 0 heterocycles. The van der Waals surface area contributed by atoms with Crippen LogP contribution in [0.1, 0.15) is 32.3 Å². The lowest BCUT2D eigenvalue weighted by Crippen LogP contribution is -2.33. The van der Waals surface area contributed by atoms with E-state index in [-0.39, 0.29) is 5.69 Å². The van der Waals surface area contributed by atoms with Crippen molar-refractivity contribution in [3.05, 3.63) is 64.2 Å². The molecule has 0 saturated carbocycles. The highest BCUT2D eigenvalue weighted by atomic mass is 16.6. The quantitative estimate of drug-likeness (QED) is 0.291. The van der Waals surface area contributed by atoms with Crippen molar-refractivity contribution in [3.8, 4) is 11.5 Å². The molecule has 0 aliphatic rings. The van der Waals surface area contributed by atoms with E-state index in [1.807, 2.05) is 24.3 Å². The summed E-state index contributed by atoms with van der Waals surface area (Å²) in [5.74, 6) is 0.713.